The summed E-state index contributed by atoms with van der Waals surface area (Å²) in [4.78, 5) is 45.8. The number of aliphatic hydroxyl groups is 1. The zero-order valence-electron chi connectivity index (χ0n) is 17.3. The second-order valence-corrected chi connectivity index (χ2v) is 9.97. The number of aromatic amines is 1. The fourth-order valence-corrected chi connectivity index (χ4v) is 5.06. The number of hydrogen-bond acceptors (Lipinski definition) is 10. The number of phosphoric acid groups is 2. The molecule has 16 nitrogen and oxygen atoms in total. The Morgan fingerprint density at radius 2 is 2.09 bits per heavy atom. The topological polar surface area (TPSA) is 233 Å². The summed E-state index contributed by atoms with van der Waals surface area (Å²) in [6.45, 7) is 2.87. The molecule has 0 aliphatic carbocycles. The molecule has 184 valence electrons. The molecule has 5 atom stereocenters. The first-order chi connectivity index (χ1) is 15.3. The van der Waals surface area contributed by atoms with E-state index >= 15 is 0 Å². The van der Waals surface area contributed by atoms with Crippen LogP contribution in [0.3, 0.4) is 0 Å². The highest BCUT2D eigenvalue weighted by molar-refractivity contribution is 7.60. The molecule has 0 bridgehead atoms. The summed E-state index contributed by atoms with van der Waals surface area (Å²) in [5.74, 6) is -0.992. The highest BCUT2D eigenvalue weighted by atomic mass is 31.3. The van der Waals surface area contributed by atoms with Gasteiger partial charge in [-0.15, -0.1) is 6.58 Å². The van der Waals surface area contributed by atoms with Gasteiger partial charge in [-0.1, -0.05) is 11.1 Å². The van der Waals surface area contributed by atoms with Crippen LogP contribution in [0.5, 0.6) is 0 Å². The molecule has 3 rings (SSSR count). The molecular weight excluding hydrogens is 488 g/mol. The first kappa shape index (κ1) is 25.6. The minimum absolute atomic E-state index is 0.0890. The first-order valence-electron chi connectivity index (χ1n) is 9.35. The van der Waals surface area contributed by atoms with E-state index in [2.05, 4.69) is 25.4 Å². The van der Waals surface area contributed by atoms with Crippen molar-refractivity contribution in [3.05, 3.63) is 29.3 Å². The third kappa shape index (κ3) is 5.94. The standard InChI is InChI=1S/C15H23N5O11P2/c1-3-4-28-5-8-9(6-29-33(26,27)31-32(23,24)25)30-14(11(8)21)20-7-19(2)10-12(20)17-15(16)18-13(10)22/h3,7-9,11,14,21H,1,4-6H2,2H3,(H5-,16,17,18,22,23,24,25,26,27)/p+1/t8-,9-,11-,14-/m1/s1. The van der Waals surface area contributed by atoms with Gasteiger partial charge in [-0.2, -0.15) is 4.31 Å². The number of aliphatic hydroxyl groups excluding tert-OH is 1. The van der Waals surface area contributed by atoms with Gasteiger partial charge in [0.15, 0.2) is 6.33 Å². The number of nitrogens with one attached hydrogen (secondary N) is 1. The number of anilines is 1. The molecule has 1 aliphatic heterocycles. The fourth-order valence-electron chi connectivity index (χ4n) is 3.46. The van der Waals surface area contributed by atoms with Gasteiger partial charge in [-0.25, -0.2) is 13.7 Å². The molecule has 1 fully saturated rings. The number of nitrogen functional groups attached to an aromatic ring is 1. The number of imidazole rings is 1. The van der Waals surface area contributed by atoms with Gasteiger partial charge in [0.05, 0.1) is 33.0 Å². The molecule has 0 aromatic carbocycles. The normalized spacial score (nSPS) is 25.4. The van der Waals surface area contributed by atoms with Crippen LogP contribution in [0.25, 0.3) is 11.2 Å². The number of fused-ring (bicyclic) bond motifs is 1. The Balaban J connectivity index is 1.90. The van der Waals surface area contributed by atoms with Gasteiger partial charge in [0, 0.05) is 5.92 Å². The molecule has 3 heterocycles. The number of nitrogens with two attached hydrogens (primary N) is 1. The summed E-state index contributed by atoms with van der Waals surface area (Å²) in [6, 6.07) is 0. The molecule has 1 saturated heterocycles. The number of ether oxygens (including phenoxy) is 2. The fraction of sp³-hybridized carbons (Fsp3) is 0.533. The highest BCUT2D eigenvalue weighted by Crippen LogP contribution is 2.57. The molecule has 1 aliphatic rings. The van der Waals surface area contributed by atoms with E-state index in [0.29, 0.717) is 0 Å². The number of aryl methyl sites for hydroxylation is 1. The SMILES string of the molecule is C=CCOC[C@H]1[C@@H](O)[C@H]([n+]2cn(C)c3c(=O)[nH]c(N)nc32)O[C@@H]1COP(=O)(O)OP(=O)(O)O. The average molecular weight is 512 g/mol. The van der Waals surface area contributed by atoms with Crippen molar-refractivity contribution in [3.8, 4) is 0 Å². The van der Waals surface area contributed by atoms with Crippen LogP contribution in [-0.4, -0.2) is 66.4 Å². The van der Waals surface area contributed by atoms with Crippen molar-refractivity contribution in [2.75, 3.05) is 25.6 Å². The molecule has 0 saturated carbocycles. The Morgan fingerprint density at radius 1 is 1.39 bits per heavy atom. The quantitative estimate of drug-likeness (QED) is 0.0915. The van der Waals surface area contributed by atoms with Crippen LogP contribution < -0.4 is 15.9 Å². The number of H-pyrrole nitrogens is 1. The van der Waals surface area contributed by atoms with Crippen LogP contribution in [0.2, 0.25) is 0 Å². The van der Waals surface area contributed by atoms with Crippen molar-refractivity contribution in [2.24, 2.45) is 13.0 Å². The summed E-state index contributed by atoms with van der Waals surface area (Å²) in [6.07, 6.45) is -0.591. The highest BCUT2D eigenvalue weighted by Gasteiger charge is 2.49. The van der Waals surface area contributed by atoms with Crippen molar-refractivity contribution in [1.82, 2.24) is 14.5 Å². The number of nitrogens with zero attached hydrogens (tertiary/aromatic N) is 3. The molecule has 18 heteroatoms. The lowest BCUT2D eigenvalue weighted by Gasteiger charge is -2.20. The maximum atomic E-state index is 12.3. The predicted molar refractivity (Wildman–Crippen MR) is 109 cm³/mol. The predicted octanol–water partition coefficient (Wildman–Crippen LogP) is -1.57. The summed E-state index contributed by atoms with van der Waals surface area (Å²) in [7, 11) is -8.90. The molecule has 2 aromatic rings. The van der Waals surface area contributed by atoms with E-state index in [4.69, 9.17) is 25.0 Å². The van der Waals surface area contributed by atoms with Crippen molar-refractivity contribution in [2.45, 2.75) is 18.4 Å². The van der Waals surface area contributed by atoms with E-state index in [1.54, 1.807) is 7.05 Å². The molecule has 1 unspecified atom stereocenters. The van der Waals surface area contributed by atoms with Gasteiger partial charge in [0.25, 0.3) is 11.5 Å². The van der Waals surface area contributed by atoms with Gasteiger partial charge in [-0.05, 0) is 0 Å². The van der Waals surface area contributed by atoms with Crippen molar-refractivity contribution >= 4 is 32.8 Å². The Labute approximate surface area is 186 Å². The van der Waals surface area contributed by atoms with Gasteiger partial charge in [0.2, 0.25) is 11.7 Å². The van der Waals surface area contributed by atoms with E-state index in [1.807, 2.05) is 0 Å². The maximum absolute atomic E-state index is 12.3. The van der Waals surface area contributed by atoms with E-state index in [9.17, 15) is 23.9 Å². The Hall–Kier alpha value is -1.97. The van der Waals surface area contributed by atoms with Crippen LogP contribution in [0.1, 0.15) is 6.23 Å². The third-order valence-corrected chi connectivity index (χ3v) is 6.90. The summed E-state index contributed by atoms with van der Waals surface area (Å²) < 4.78 is 45.1. The van der Waals surface area contributed by atoms with Crippen LogP contribution in [-0.2, 0) is 34.5 Å². The lowest BCUT2D eigenvalue weighted by molar-refractivity contribution is -0.745. The number of hydrogen-bond donors (Lipinski definition) is 6. The van der Waals surface area contributed by atoms with E-state index in [1.165, 1.54) is 21.5 Å². The van der Waals surface area contributed by atoms with E-state index in [-0.39, 0.29) is 30.3 Å². The average Bonchev–Trinajstić information content (AvgIpc) is 3.15. The Morgan fingerprint density at radius 3 is 2.73 bits per heavy atom. The van der Waals surface area contributed by atoms with Crippen LogP contribution in [0.15, 0.2) is 23.8 Å². The smallest absolute Gasteiger partial charge is 0.386 e. The molecule has 2 aromatic heterocycles. The van der Waals surface area contributed by atoms with Gasteiger partial charge in [0.1, 0.15) is 6.10 Å². The minimum atomic E-state index is -5.32. The summed E-state index contributed by atoms with van der Waals surface area (Å²) >= 11 is 0. The Kier molecular flexibility index (Phi) is 7.55. The molecule has 0 spiro atoms. The van der Waals surface area contributed by atoms with Crippen molar-refractivity contribution < 1.29 is 51.8 Å². The zero-order valence-corrected chi connectivity index (χ0v) is 19.0. The van der Waals surface area contributed by atoms with E-state index < -0.39 is 52.2 Å². The first-order valence-corrected chi connectivity index (χ1v) is 12.4. The zero-order chi connectivity index (χ0) is 24.6. The van der Waals surface area contributed by atoms with Gasteiger partial charge >= 0.3 is 21.3 Å². The molecule has 7 N–H and O–H groups in total. The van der Waals surface area contributed by atoms with Gasteiger partial charge in [-0.3, -0.25) is 18.9 Å². The molecule has 0 radical (unpaired) electrons. The summed E-state index contributed by atoms with van der Waals surface area (Å²) in [5.41, 5.74) is 5.37. The van der Waals surface area contributed by atoms with Crippen molar-refractivity contribution in [1.29, 1.82) is 0 Å². The number of rotatable bonds is 10. The van der Waals surface area contributed by atoms with Crippen LogP contribution in [0.4, 0.5) is 5.95 Å². The minimum Gasteiger partial charge on any atom is -0.386 e. The molecular formula is C15H24N5O11P2+. The third-order valence-electron chi connectivity index (χ3n) is 4.74. The maximum Gasteiger partial charge on any atom is 0.481 e. The second kappa shape index (κ2) is 9.72. The van der Waals surface area contributed by atoms with E-state index in [0.717, 1.165) is 0 Å². The number of aromatic nitrogens is 4. The lowest BCUT2D eigenvalue weighted by atomic mass is 9.99. The number of phosphoric ester groups is 1. The summed E-state index contributed by atoms with van der Waals surface area (Å²) in [5, 5.41) is 10.9. The second-order valence-electron chi connectivity index (χ2n) is 7.14. The van der Waals surface area contributed by atoms with Crippen LogP contribution in [0, 0.1) is 5.92 Å². The molecule has 33 heavy (non-hydrogen) atoms. The van der Waals surface area contributed by atoms with Crippen molar-refractivity contribution in [3.63, 3.8) is 0 Å². The molecule has 0 amide bonds. The Bertz CT molecular complexity index is 1180. The lowest BCUT2D eigenvalue weighted by Crippen LogP contribution is -2.45. The van der Waals surface area contributed by atoms with Crippen LogP contribution >= 0.6 is 15.6 Å². The van der Waals surface area contributed by atoms with Gasteiger partial charge < -0.3 is 35.0 Å². The largest absolute Gasteiger partial charge is 0.481 e. The monoisotopic (exact) mass is 512 g/mol.